The lowest BCUT2D eigenvalue weighted by Gasteiger charge is -2.24. The van der Waals surface area contributed by atoms with Gasteiger partial charge in [-0.05, 0) is 50.1 Å². The molecule has 0 spiro atoms. The molecular formula is C20H23N3O3. The summed E-state index contributed by atoms with van der Waals surface area (Å²) in [5.41, 5.74) is 2.11. The topological polar surface area (TPSA) is 74.9 Å². The van der Waals surface area contributed by atoms with Gasteiger partial charge in [-0.2, -0.15) is 5.10 Å². The fraction of sp³-hybridized carbons (Fsp3) is 0.350. The minimum Gasteiger partial charge on any atom is -0.469 e. The van der Waals surface area contributed by atoms with Crippen molar-refractivity contribution in [3.05, 3.63) is 54.0 Å². The van der Waals surface area contributed by atoms with Crippen molar-refractivity contribution < 1.29 is 14.0 Å². The number of hydrogen-bond acceptors (Lipinski definition) is 4. The lowest BCUT2D eigenvalue weighted by atomic mass is 10.1. The molecule has 1 aromatic carbocycles. The highest BCUT2D eigenvalue weighted by molar-refractivity contribution is 6.40. The summed E-state index contributed by atoms with van der Waals surface area (Å²) in [6, 6.07) is 11.3. The summed E-state index contributed by atoms with van der Waals surface area (Å²) in [5, 5.41) is 8.60. The maximum Gasteiger partial charge on any atom is 0.267 e. The number of hydrogen-bond donors (Lipinski definition) is 1. The van der Waals surface area contributed by atoms with Crippen LogP contribution in [0.4, 0.5) is 5.69 Å². The Labute approximate surface area is 152 Å². The number of nitrogens with one attached hydrogen (secondary N) is 1. The van der Waals surface area contributed by atoms with Crippen molar-refractivity contribution in [2.45, 2.75) is 45.6 Å². The Morgan fingerprint density at radius 3 is 2.88 bits per heavy atom. The zero-order valence-corrected chi connectivity index (χ0v) is 15.1. The number of nitrogens with zero attached hydrogens (tertiary/aromatic N) is 2. The van der Waals surface area contributed by atoms with E-state index in [0.29, 0.717) is 17.8 Å². The summed E-state index contributed by atoms with van der Waals surface area (Å²) in [6.07, 6.45) is 3.81. The molecule has 1 aliphatic rings. The highest BCUT2D eigenvalue weighted by atomic mass is 16.3. The maximum absolute atomic E-state index is 12.5. The van der Waals surface area contributed by atoms with Crippen LogP contribution in [0.1, 0.15) is 37.5 Å². The molecule has 0 saturated heterocycles. The standard InChI is InChI=1S/C20H23N3O3/c1-14-5-3-6-16(13-14)23-19(24)11-10-18(22-23)20(25)21-15(2)8-9-17-7-4-12-26-17/h3-7,12-13,15H,8-11H2,1-2H3,(H,21,25)/t15-/m1/s1. The lowest BCUT2D eigenvalue weighted by Crippen LogP contribution is -2.42. The van der Waals surface area contributed by atoms with Gasteiger partial charge in [-0.3, -0.25) is 9.59 Å². The summed E-state index contributed by atoms with van der Waals surface area (Å²) in [6.45, 7) is 3.91. The van der Waals surface area contributed by atoms with Gasteiger partial charge >= 0.3 is 0 Å². The van der Waals surface area contributed by atoms with Gasteiger partial charge in [0, 0.05) is 25.3 Å². The molecule has 1 aliphatic heterocycles. The van der Waals surface area contributed by atoms with Gasteiger partial charge in [-0.25, -0.2) is 5.01 Å². The molecule has 1 atom stereocenters. The van der Waals surface area contributed by atoms with E-state index >= 15 is 0 Å². The molecule has 2 aromatic rings. The van der Waals surface area contributed by atoms with Crippen LogP contribution in [0.5, 0.6) is 0 Å². The Kier molecular flexibility index (Phi) is 5.51. The average Bonchev–Trinajstić information content (AvgIpc) is 3.14. The predicted octanol–water partition coefficient (Wildman–Crippen LogP) is 3.21. The molecule has 26 heavy (non-hydrogen) atoms. The van der Waals surface area contributed by atoms with Gasteiger partial charge < -0.3 is 9.73 Å². The molecule has 2 amide bonds. The molecule has 6 heteroatoms. The van der Waals surface area contributed by atoms with Crippen molar-refractivity contribution in [1.82, 2.24) is 5.32 Å². The Hall–Kier alpha value is -2.89. The molecule has 2 heterocycles. The van der Waals surface area contributed by atoms with Crippen LogP contribution in [0.25, 0.3) is 0 Å². The lowest BCUT2D eigenvalue weighted by molar-refractivity contribution is -0.119. The highest BCUT2D eigenvalue weighted by Crippen LogP contribution is 2.21. The first-order valence-electron chi connectivity index (χ1n) is 8.83. The van der Waals surface area contributed by atoms with Crippen molar-refractivity contribution in [3.63, 3.8) is 0 Å². The molecule has 0 saturated carbocycles. The average molecular weight is 353 g/mol. The molecular weight excluding hydrogens is 330 g/mol. The highest BCUT2D eigenvalue weighted by Gasteiger charge is 2.26. The van der Waals surface area contributed by atoms with Gasteiger partial charge in [0.05, 0.1) is 12.0 Å². The fourth-order valence-corrected chi connectivity index (χ4v) is 2.87. The number of hydrazone groups is 1. The van der Waals surface area contributed by atoms with Crippen molar-refractivity contribution >= 4 is 23.2 Å². The Balaban J connectivity index is 1.64. The van der Waals surface area contributed by atoms with Crippen molar-refractivity contribution in [2.24, 2.45) is 5.10 Å². The molecule has 0 unspecified atom stereocenters. The molecule has 0 bridgehead atoms. The molecule has 6 nitrogen and oxygen atoms in total. The first-order valence-corrected chi connectivity index (χ1v) is 8.83. The summed E-state index contributed by atoms with van der Waals surface area (Å²) in [5.74, 6) is 0.581. The van der Waals surface area contributed by atoms with E-state index < -0.39 is 0 Å². The minimum absolute atomic E-state index is 0.0136. The summed E-state index contributed by atoms with van der Waals surface area (Å²) >= 11 is 0. The maximum atomic E-state index is 12.5. The first-order chi connectivity index (χ1) is 12.5. The first kappa shape index (κ1) is 17.9. The van der Waals surface area contributed by atoms with Crippen LogP contribution in [0, 0.1) is 6.92 Å². The predicted molar refractivity (Wildman–Crippen MR) is 100.0 cm³/mol. The van der Waals surface area contributed by atoms with Crippen LogP contribution >= 0.6 is 0 Å². The normalized spacial score (nSPS) is 15.5. The number of carbonyl (C=O) groups excluding carboxylic acids is 2. The van der Waals surface area contributed by atoms with Gasteiger partial charge in [0.1, 0.15) is 11.5 Å². The van der Waals surface area contributed by atoms with E-state index in [1.54, 1.807) is 6.26 Å². The van der Waals surface area contributed by atoms with E-state index in [2.05, 4.69) is 10.4 Å². The third-order valence-corrected chi connectivity index (χ3v) is 4.32. The van der Waals surface area contributed by atoms with Crippen LogP contribution in [-0.4, -0.2) is 23.6 Å². The van der Waals surface area contributed by atoms with E-state index in [-0.39, 0.29) is 24.3 Å². The second-order valence-corrected chi connectivity index (χ2v) is 6.58. The van der Waals surface area contributed by atoms with Crippen LogP contribution in [0.2, 0.25) is 0 Å². The summed E-state index contributed by atoms with van der Waals surface area (Å²) < 4.78 is 5.31. The molecule has 0 aliphatic carbocycles. The van der Waals surface area contributed by atoms with Crippen molar-refractivity contribution in [3.8, 4) is 0 Å². The molecule has 0 fully saturated rings. The zero-order chi connectivity index (χ0) is 18.5. The Bertz CT molecular complexity index is 811. The van der Waals surface area contributed by atoms with Crippen molar-refractivity contribution in [2.75, 3.05) is 5.01 Å². The van der Waals surface area contributed by atoms with Gasteiger partial charge in [0.25, 0.3) is 5.91 Å². The van der Waals surface area contributed by atoms with E-state index in [4.69, 9.17) is 4.42 Å². The molecule has 3 rings (SSSR count). The number of rotatable bonds is 6. The van der Waals surface area contributed by atoms with Crippen LogP contribution in [0.15, 0.2) is 52.2 Å². The monoisotopic (exact) mass is 353 g/mol. The van der Waals surface area contributed by atoms with Crippen molar-refractivity contribution in [1.29, 1.82) is 0 Å². The quantitative estimate of drug-likeness (QED) is 0.866. The second kappa shape index (κ2) is 7.99. The van der Waals surface area contributed by atoms with Crippen LogP contribution < -0.4 is 10.3 Å². The minimum atomic E-state index is -0.220. The third kappa shape index (κ3) is 4.39. The molecule has 136 valence electrons. The number of benzene rings is 1. The van der Waals surface area contributed by atoms with Gasteiger partial charge in [-0.1, -0.05) is 12.1 Å². The number of carbonyl (C=O) groups is 2. The van der Waals surface area contributed by atoms with Gasteiger partial charge in [0.2, 0.25) is 5.91 Å². The number of aryl methyl sites for hydroxylation is 2. The SMILES string of the molecule is Cc1cccc(N2N=C(C(=O)N[C@H](C)CCc3ccco3)CCC2=O)c1. The van der Waals surface area contributed by atoms with Crippen LogP contribution in [-0.2, 0) is 16.0 Å². The summed E-state index contributed by atoms with van der Waals surface area (Å²) in [4.78, 5) is 24.7. The smallest absolute Gasteiger partial charge is 0.267 e. The van der Waals surface area contributed by atoms with E-state index in [1.165, 1.54) is 5.01 Å². The third-order valence-electron chi connectivity index (χ3n) is 4.32. The van der Waals surface area contributed by atoms with E-state index in [0.717, 1.165) is 24.2 Å². The van der Waals surface area contributed by atoms with Gasteiger partial charge in [-0.15, -0.1) is 0 Å². The number of furan rings is 1. The van der Waals surface area contributed by atoms with E-state index in [1.807, 2.05) is 50.2 Å². The molecule has 0 radical (unpaired) electrons. The Morgan fingerprint density at radius 1 is 1.31 bits per heavy atom. The fourth-order valence-electron chi connectivity index (χ4n) is 2.87. The number of anilines is 1. The van der Waals surface area contributed by atoms with Crippen LogP contribution in [0.3, 0.4) is 0 Å². The largest absolute Gasteiger partial charge is 0.469 e. The van der Waals surface area contributed by atoms with Gasteiger partial charge in [0.15, 0.2) is 0 Å². The second-order valence-electron chi connectivity index (χ2n) is 6.58. The zero-order valence-electron chi connectivity index (χ0n) is 15.1. The summed E-state index contributed by atoms with van der Waals surface area (Å²) in [7, 11) is 0. The number of amides is 2. The molecule has 1 aromatic heterocycles. The Morgan fingerprint density at radius 2 is 2.15 bits per heavy atom. The van der Waals surface area contributed by atoms with E-state index in [9.17, 15) is 9.59 Å². The molecule has 1 N–H and O–H groups in total.